The molecule has 0 saturated carbocycles. The third kappa shape index (κ3) is 6.89. The number of hydrogen-bond donors (Lipinski definition) is 2. The van der Waals surface area contributed by atoms with Crippen LogP contribution in [0.5, 0.6) is 0 Å². The first kappa shape index (κ1) is 16.4. The molecule has 1 saturated heterocycles. The fourth-order valence-corrected chi connectivity index (χ4v) is 2.34. The lowest BCUT2D eigenvalue weighted by molar-refractivity contribution is -0.125. The first-order chi connectivity index (χ1) is 9.27. The van der Waals surface area contributed by atoms with Gasteiger partial charge in [0, 0.05) is 13.1 Å². The summed E-state index contributed by atoms with van der Waals surface area (Å²) in [5.74, 6) is 0.0669. The highest BCUT2D eigenvalue weighted by atomic mass is 16.5. The van der Waals surface area contributed by atoms with Crippen LogP contribution >= 0.6 is 0 Å². The third-order valence-electron chi connectivity index (χ3n) is 3.27. The van der Waals surface area contributed by atoms with E-state index in [0.29, 0.717) is 13.2 Å². The van der Waals surface area contributed by atoms with Gasteiger partial charge in [-0.3, -0.25) is 4.79 Å². The molecule has 1 aliphatic rings. The first-order valence-electron chi connectivity index (χ1n) is 7.59. The number of amides is 1. The maximum absolute atomic E-state index is 11.8. The molecule has 1 rings (SSSR count). The third-order valence-corrected chi connectivity index (χ3v) is 3.27. The van der Waals surface area contributed by atoms with E-state index in [1.807, 2.05) is 0 Å². The molecule has 5 heteroatoms. The number of nitrogens with zero attached hydrogens (tertiary/aromatic N) is 1. The number of ether oxygens (including phenoxy) is 1. The molecule has 0 aromatic heterocycles. The molecule has 0 radical (unpaired) electrons. The van der Waals surface area contributed by atoms with Gasteiger partial charge in [0.2, 0.25) is 5.91 Å². The Hall–Kier alpha value is -0.650. The van der Waals surface area contributed by atoms with Gasteiger partial charge in [0.1, 0.15) is 6.04 Å². The minimum atomic E-state index is -0.170. The molecule has 112 valence electrons. The van der Waals surface area contributed by atoms with Crippen LogP contribution in [-0.2, 0) is 9.53 Å². The van der Waals surface area contributed by atoms with Crippen molar-refractivity contribution in [3.8, 4) is 0 Å². The summed E-state index contributed by atoms with van der Waals surface area (Å²) in [6.45, 7) is 10.5. The van der Waals surface area contributed by atoms with Crippen molar-refractivity contribution in [3.63, 3.8) is 0 Å². The summed E-state index contributed by atoms with van der Waals surface area (Å²) in [7, 11) is 0. The van der Waals surface area contributed by atoms with Gasteiger partial charge in [-0.25, -0.2) is 0 Å². The first-order valence-corrected chi connectivity index (χ1v) is 7.59. The maximum atomic E-state index is 11.8. The Bertz CT molecular complexity index is 237. The van der Waals surface area contributed by atoms with Crippen LogP contribution in [0.2, 0.25) is 0 Å². The van der Waals surface area contributed by atoms with Crippen molar-refractivity contribution in [2.45, 2.75) is 39.2 Å². The molecule has 0 aromatic carbocycles. The Morgan fingerprint density at radius 2 is 2.05 bits per heavy atom. The van der Waals surface area contributed by atoms with Crippen LogP contribution in [-0.4, -0.2) is 62.8 Å². The molecular formula is C14H29N3O2. The molecule has 1 aliphatic heterocycles. The Balaban J connectivity index is 2.09. The van der Waals surface area contributed by atoms with Crippen molar-refractivity contribution in [3.05, 3.63) is 0 Å². The zero-order valence-corrected chi connectivity index (χ0v) is 12.4. The average Bonchev–Trinajstić information content (AvgIpc) is 2.44. The van der Waals surface area contributed by atoms with Crippen molar-refractivity contribution in [1.82, 2.24) is 15.5 Å². The van der Waals surface area contributed by atoms with Gasteiger partial charge < -0.3 is 20.3 Å². The van der Waals surface area contributed by atoms with Crippen molar-refractivity contribution >= 4 is 5.91 Å². The largest absolute Gasteiger partial charge is 0.378 e. The topological polar surface area (TPSA) is 53.6 Å². The molecule has 1 unspecified atom stereocenters. The lowest BCUT2D eigenvalue weighted by atomic mass is 10.2. The standard InChI is InChI=1S/C14H29N3O2/c1-3-8-17(9-4-2)10-5-6-16-14(18)13-12-19-11-7-15-13/h13,15H,3-12H2,1-2H3,(H,16,18). The second-order valence-electron chi connectivity index (χ2n) is 5.07. The number of carbonyl (C=O) groups is 1. The number of nitrogens with one attached hydrogen (secondary N) is 2. The fraction of sp³-hybridized carbons (Fsp3) is 0.929. The molecule has 5 nitrogen and oxygen atoms in total. The molecule has 2 N–H and O–H groups in total. The van der Waals surface area contributed by atoms with Gasteiger partial charge in [0.25, 0.3) is 0 Å². The average molecular weight is 271 g/mol. The highest BCUT2D eigenvalue weighted by molar-refractivity contribution is 5.81. The van der Waals surface area contributed by atoms with Crippen molar-refractivity contribution in [2.75, 3.05) is 45.9 Å². The summed E-state index contributed by atoms with van der Waals surface area (Å²) in [6, 6.07) is -0.170. The summed E-state index contributed by atoms with van der Waals surface area (Å²) in [6.07, 6.45) is 3.39. The summed E-state index contributed by atoms with van der Waals surface area (Å²) >= 11 is 0. The molecule has 1 atom stereocenters. The monoisotopic (exact) mass is 271 g/mol. The molecule has 1 fully saturated rings. The van der Waals surface area contributed by atoms with Crippen LogP contribution in [0, 0.1) is 0 Å². The highest BCUT2D eigenvalue weighted by Crippen LogP contribution is 1.96. The summed E-state index contributed by atoms with van der Waals surface area (Å²) in [4.78, 5) is 14.3. The second-order valence-corrected chi connectivity index (χ2v) is 5.07. The quantitative estimate of drug-likeness (QED) is 0.603. The molecule has 0 aliphatic carbocycles. The second kappa shape index (κ2) is 10.2. The Morgan fingerprint density at radius 1 is 1.32 bits per heavy atom. The van der Waals surface area contributed by atoms with E-state index < -0.39 is 0 Å². The smallest absolute Gasteiger partial charge is 0.239 e. The minimum Gasteiger partial charge on any atom is -0.378 e. The van der Waals surface area contributed by atoms with Gasteiger partial charge in [-0.05, 0) is 38.9 Å². The zero-order chi connectivity index (χ0) is 13.9. The molecule has 0 aromatic rings. The normalized spacial score (nSPS) is 19.6. The van der Waals surface area contributed by atoms with E-state index in [-0.39, 0.29) is 11.9 Å². The van der Waals surface area contributed by atoms with E-state index in [2.05, 4.69) is 29.4 Å². The van der Waals surface area contributed by atoms with Crippen molar-refractivity contribution in [1.29, 1.82) is 0 Å². The van der Waals surface area contributed by atoms with Crippen molar-refractivity contribution < 1.29 is 9.53 Å². The van der Waals surface area contributed by atoms with E-state index in [4.69, 9.17) is 4.74 Å². The Labute approximate surface area is 117 Å². The van der Waals surface area contributed by atoms with Gasteiger partial charge in [-0.2, -0.15) is 0 Å². The van der Waals surface area contributed by atoms with Crippen molar-refractivity contribution in [2.24, 2.45) is 0 Å². The van der Waals surface area contributed by atoms with Gasteiger partial charge in [0.05, 0.1) is 13.2 Å². The summed E-state index contributed by atoms with van der Waals surface area (Å²) < 4.78 is 5.28. The SMILES string of the molecule is CCCN(CCC)CCCNC(=O)C1COCCN1. The molecular weight excluding hydrogens is 242 g/mol. The number of carbonyl (C=O) groups excluding carboxylic acids is 1. The highest BCUT2D eigenvalue weighted by Gasteiger charge is 2.20. The predicted octanol–water partition coefficient (Wildman–Crippen LogP) is 0.603. The lowest BCUT2D eigenvalue weighted by Gasteiger charge is -2.24. The summed E-state index contributed by atoms with van der Waals surface area (Å²) in [5.41, 5.74) is 0. The zero-order valence-electron chi connectivity index (χ0n) is 12.4. The number of rotatable bonds is 9. The van der Waals surface area contributed by atoms with Gasteiger partial charge >= 0.3 is 0 Å². The lowest BCUT2D eigenvalue weighted by Crippen LogP contribution is -2.51. The molecule has 19 heavy (non-hydrogen) atoms. The number of morpholine rings is 1. The molecule has 1 amide bonds. The van der Waals surface area contributed by atoms with Crippen LogP contribution in [0.3, 0.4) is 0 Å². The molecule has 0 bridgehead atoms. The van der Waals surface area contributed by atoms with Crippen LogP contribution in [0.4, 0.5) is 0 Å². The van der Waals surface area contributed by atoms with E-state index in [9.17, 15) is 4.79 Å². The fourth-order valence-electron chi connectivity index (χ4n) is 2.34. The van der Waals surface area contributed by atoms with Crippen LogP contribution in [0.25, 0.3) is 0 Å². The van der Waals surface area contributed by atoms with Crippen LogP contribution in [0.15, 0.2) is 0 Å². The number of hydrogen-bond acceptors (Lipinski definition) is 4. The predicted molar refractivity (Wildman–Crippen MR) is 77.3 cm³/mol. The Kier molecular flexibility index (Phi) is 8.79. The van der Waals surface area contributed by atoms with E-state index >= 15 is 0 Å². The van der Waals surface area contributed by atoms with Gasteiger partial charge in [-0.1, -0.05) is 13.8 Å². The van der Waals surface area contributed by atoms with Crippen LogP contribution in [0.1, 0.15) is 33.1 Å². The molecule has 0 spiro atoms. The van der Waals surface area contributed by atoms with Crippen LogP contribution < -0.4 is 10.6 Å². The minimum absolute atomic E-state index is 0.0669. The van der Waals surface area contributed by atoms with E-state index in [0.717, 1.165) is 39.1 Å². The van der Waals surface area contributed by atoms with Gasteiger partial charge in [-0.15, -0.1) is 0 Å². The van der Waals surface area contributed by atoms with Gasteiger partial charge in [0.15, 0.2) is 0 Å². The molecule has 1 heterocycles. The van der Waals surface area contributed by atoms with E-state index in [1.54, 1.807) is 0 Å². The Morgan fingerprint density at radius 3 is 2.63 bits per heavy atom. The summed E-state index contributed by atoms with van der Waals surface area (Å²) in [5, 5.41) is 6.15. The maximum Gasteiger partial charge on any atom is 0.239 e. The van der Waals surface area contributed by atoms with E-state index in [1.165, 1.54) is 12.8 Å².